The molecule has 0 aromatic heterocycles. The van der Waals surface area contributed by atoms with Crippen LogP contribution in [0.25, 0.3) is 0 Å². The maximum absolute atomic E-state index is 13.6. The molecule has 2 aromatic carbocycles. The van der Waals surface area contributed by atoms with E-state index in [4.69, 9.17) is 5.11 Å². The van der Waals surface area contributed by atoms with Gasteiger partial charge in [-0.1, -0.05) is 18.2 Å². The maximum atomic E-state index is 13.6. The first-order chi connectivity index (χ1) is 9.49. The lowest BCUT2D eigenvalue weighted by Crippen LogP contribution is -2.20. The zero-order chi connectivity index (χ0) is 14.7. The number of rotatable bonds is 4. The minimum absolute atomic E-state index is 0.279. The highest BCUT2D eigenvalue weighted by molar-refractivity contribution is 5.94. The summed E-state index contributed by atoms with van der Waals surface area (Å²) in [6.07, 6.45) is 0. The summed E-state index contributed by atoms with van der Waals surface area (Å²) in [7, 11) is 1.66. The zero-order valence-electron chi connectivity index (χ0n) is 10.8. The number of aromatic carboxylic acids is 1. The molecule has 0 fully saturated rings. The van der Waals surface area contributed by atoms with Crippen molar-refractivity contribution in [3.8, 4) is 0 Å². The third-order valence-corrected chi connectivity index (χ3v) is 2.95. The monoisotopic (exact) mass is 277 g/mol. The molecule has 0 amide bonds. The summed E-state index contributed by atoms with van der Waals surface area (Å²) in [4.78, 5) is 12.7. The molecule has 2 rings (SSSR count). The Morgan fingerprint density at radius 2 is 1.80 bits per heavy atom. The number of benzene rings is 2. The first-order valence-corrected chi connectivity index (χ1v) is 5.96. The van der Waals surface area contributed by atoms with Gasteiger partial charge in [0.2, 0.25) is 0 Å². The van der Waals surface area contributed by atoms with Gasteiger partial charge < -0.3 is 10.0 Å². The highest BCUT2D eigenvalue weighted by Gasteiger charge is 2.18. The van der Waals surface area contributed by atoms with Crippen molar-refractivity contribution in [2.45, 2.75) is 6.54 Å². The number of anilines is 1. The molecule has 0 saturated carbocycles. The van der Waals surface area contributed by atoms with Crippen molar-refractivity contribution in [3.63, 3.8) is 0 Å². The van der Waals surface area contributed by atoms with E-state index in [1.165, 1.54) is 24.3 Å². The standard InChI is InChI=1S/C15H13F2NO2/c1-18(9-10-5-7-11(16)8-6-10)13-4-2-3-12(17)14(13)15(19)20/h2-8H,9H2,1H3,(H,19,20). The van der Waals surface area contributed by atoms with Crippen molar-refractivity contribution in [3.05, 3.63) is 65.2 Å². The van der Waals surface area contributed by atoms with E-state index in [2.05, 4.69) is 0 Å². The molecule has 2 aromatic rings. The molecule has 0 atom stereocenters. The molecule has 0 bridgehead atoms. The Kier molecular flexibility index (Phi) is 3.98. The summed E-state index contributed by atoms with van der Waals surface area (Å²) < 4.78 is 26.4. The highest BCUT2D eigenvalue weighted by Crippen LogP contribution is 2.23. The minimum atomic E-state index is -1.32. The Labute approximate surface area is 115 Å². The second-order valence-electron chi connectivity index (χ2n) is 4.42. The Bertz CT molecular complexity index is 626. The van der Waals surface area contributed by atoms with E-state index in [-0.39, 0.29) is 17.1 Å². The van der Waals surface area contributed by atoms with Gasteiger partial charge in [-0.3, -0.25) is 0 Å². The fraction of sp³-hybridized carbons (Fsp3) is 0.133. The molecule has 0 aliphatic rings. The lowest BCUT2D eigenvalue weighted by Gasteiger charge is -2.21. The third kappa shape index (κ3) is 2.93. The summed E-state index contributed by atoms with van der Waals surface area (Å²) in [5.74, 6) is -2.43. The molecule has 1 N–H and O–H groups in total. The Morgan fingerprint density at radius 3 is 2.40 bits per heavy atom. The van der Waals surface area contributed by atoms with E-state index in [1.807, 2.05) is 0 Å². The Morgan fingerprint density at radius 1 is 1.15 bits per heavy atom. The molecule has 0 spiro atoms. The van der Waals surface area contributed by atoms with Crippen molar-refractivity contribution >= 4 is 11.7 Å². The van der Waals surface area contributed by atoms with Gasteiger partial charge in [0.15, 0.2) is 0 Å². The average molecular weight is 277 g/mol. The number of nitrogens with zero attached hydrogens (tertiary/aromatic N) is 1. The van der Waals surface area contributed by atoms with Gasteiger partial charge in [0.05, 0.1) is 5.69 Å². The molecule has 3 nitrogen and oxygen atoms in total. The quantitative estimate of drug-likeness (QED) is 0.932. The number of halogens is 2. The van der Waals surface area contributed by atoms with E-state index in [9.17, 15) is 13.6 Å². The van der Waals surface area contributed by atoms with E-state index >= 15 is 0 Å². The molecule has 0 aliphatic heterocycles. The first kappa shape index (κ1) is 14.0. The van der Waals surface area contributed by atoms with Gasteiger partial charge in [0.25, 0.3) is 0 Å². The van der Waals surface area contributed by atoms with Crippen LogP contribution in [0.1, 0.15) is 15.9 Å². The zero-order valence-corrected chi connectivity index (χ0v) is 10.8. The van der Waals surface area contributed by atoms with E-state index in [0.717, 1.165) is 11.6 Å². The molecule has 0 radical (unpaired) electrons. The van der Waals surface area contributed by atoms with Crippen LogP contribution in [0, 0.1) is 11.6 Å². The van der Waals surface area contributed by atoms with E-state index in [1.54, 1.807) is 24.1 Å². The van der Waals surface area contributed by atoms with Crippen LogP contribution in [0.2, 0.25) is 0 Å². The van der Waals surface area contributed by atoms with Gasteiger partial charge in [0, 0.05) is 13.6 Å². The molecule has 0 heterocycles. The molecular weight excluding hydrogens is 264 g/mol. The van der Waals surface area contributed by atoms with Crippen molar-refractivity contribution < 1.29 is 18.7 Å². The summed E-state index contributed by atoms with van der Waals surface area (Å²) in [5, 5.41) is 9.08. The van der Waals surface area contributed by atoms with E-state index in [0.29, 0.717) is 6.54 Å². The number of carboxylic acid groups (broad SMARTS) is 1. The van der Waals surface area contributed by atoms with E-state index < -0.39 is 11.8 Å². The molecule has 0 saturated heterocycles. The molecule has 20 heavy (non-hydrogen) atoms. The van der Waals surface area contributed by atoms with Crippen molar-refractivity contribution in [2.75, 3.05) is 11.9 Å². The molecule has 104 valence electrons. The fourth-order valence-electron chi connectivity index (χ4n) is 1.99. The molecule has 5 heteroatoms. The molecule has 0 unspecified atom stereocenters. The minimum Gasteiger partial charge on any atom is -0.478 e. The van der Waals surface area contributed by atoms with Gasteiger partial charge in [0.1, 0.15) is 17.2 Å². The molecular formula is C15H13F2NO2. The van der Waals surface area contributed by atoms with Crippen LogP contribution in [0.5, 0.6) is 0 Å². The lowest BCUT2D eigenvalue weighted by atomic mass is 10.1. The number of carbonyl (C=O) groups is 1. The largest absolute Gasteiger partial charge is 0.478 e. The first-order valence-electron chi connectivity index (χ1n) is 5.96. The fourth-order valence-corrected chi connectivity index (χ4v) is 1.99. The van der Waals surface area contributed by atoms with Crippen LogP contribution >= 0.6 is 0 Å². The van der Waals surface area contributed by atoms with Crippen molar-refractivity contribution in [2.24, 2.45) is 0 Å². The van der Waals surface area contributed by atoms with Gasteiger partial charge >= 0.3 is 5.97 Å². The second-order valence-corrected chi connectivity index (χ2v) is 4.42. The summed E-state index contributed by atoms with van der Waals surface area (Å²) in [6, 6.07) is 9.96. The highest BCUT2D eigenvalue weighted by atomic mass is 19.1. The maximum Gasteiger partial charge on any atom is 0.340 e. The predicted molar refractivity (Wildman–Crippen MR) is 71.9 cm³/mol. The number of hydrogen-bond acceptors (Lipinski definition) is 2. The summed E-state index contributed by atoms with van der Waals surface area (Å²) in [5.41, 5.74) is 0.716. The third-order valence-electron chi connectivity index (χ3n) is 2.95. The van der Waals surface area contributed by atoms with Crippen LogP contribution in [-0.2, 0) is 6.54 Å². The second kappa shape index (κ2) is 5.69. The summed E-state index contributed by atoms with van der Waals surface area (Å²) >= 11 is 0. The topological polar surface area (TPSA) is 40.5 Å². The Hall–Kier alpha value is -2.43. The van der Waals surface area contributed by atoms with Gasteiger partial charge in [-0.25, -0.2) is 13.6 Å². The summed E-state index contributed by atoms with van der Waals surface area (Å²) in [6.45, 7) is 0.351. The van der Waals surface area contributed by atoms with Gasteiger partial charge in [-0.05, 0) is 29.8 Å². The lowest BCUT2D eigenvalue weighted by molar-refractivity contribution is 0.0692. The van der Waals surface area contributed by atoms with Crippen LogP contribution in [0.3, 0.4) is 0 Å². The van der Waals surface area contributed by atoms with Gasteiger partial charge in [-0.15, -0.1) is 0 Å². The predicted octanol–water partition coefficient (Wildman–Crippen LogP) is 3.30. The normalized spacial score (nSPS) is 10.3. The number of hydrogen-bond donors (Lipinski definition) is 1. The van der Waals surface area contributed by atoms with Crippen molar-refractivity contribution in [1.29, 1.82) is 0 Å². The molecule has 0 aliphatic carbocycles. The smallest absolute Gasteiger partial charge is 0.340 e. The Balaban J connectivity index is 2.29. The average Bonchev–Trinajstić information content (AvgIpc) is 2.40. The SMILES string of the molecule is CN(Cc1ccc(F)cc1)c1cccc(F)c1C(=O)O. The van der Waals surface area contributed by atoms with Gasteiger partial charge in [-0.2, -0.15) is 0 Å². The van der Waals surface area contributed by atoms with Crippen molar-refractivity contribution in [1.82, 2.24) is 0 Å². The number of carboxylic acids is 1. The van der Waals surface area contributed by atoms with Crippen LogP contribution in [0.15, 0.2) is 42.5 Å². The van der Waals surface area contributed by atoms with Crippen LogP contribution < -0.4 is 4.90 Å². The van der Waals surface area contributed by atoms with Crippen LogP contribution in [-0.4, -0.2) is 18.1 Å². The van der Waals surface area contributed by atoms with Crippen LogP contribution in [0.4, 0.5) is 14.5 Å².